The number of nitrogens with zero attached hydrogens (tertiary/aromatic N) is 1. The Morgan fingerprint density at radius 2 is 1.87 bits per heavy atom. The van der Waals surface area contributed by atoms with Gasteiger partial charge in [-0.2, -0.15) is 13.2 Å². The van der Waals surface area contributed by atoms with E-state index in [1.807, 2.05) is 0 Å². The van der Waals surface area contributed by atoms with Gasteiger partial charge in [0.1, 0.15) is 5.75 Å². The Morgan fingerprint density at radius 1 is 1.17 bits per heavy atom. The molecule has 9 heteroatoms. The molecule has 0 unspecified atom stereocenters. The van der Waals surface area contributed by atoms with E-state index in [1.165, 1.54) is 31.2 Å². The zero-order chi connectivity index (χ0) is 22.1. The van der Waals surface area contributed by atoms with Gasteiger partial charge in [-0.05, 0) is 36.8 Å². The standard InChI is InChI=1S/C21H20F3N3O3/c1-12-17(19(28)25-15-9-4-5-10-16(15)30-3)18(26-20(29)27(12)2)13-7-6-8-14(11-13)21(22,23)24/h4-11,18H,1-3H3,(H,25,28)(H,26,29)/t18-/m1/s1. The van der Waals surface area contributed by atoms with E-state index in [1.54, 1.807) is 31.2 Å². The van der Waals surface area contributed by atoms with Crippen molar-refractivity contribution in [2.24, 2.45) is 0 Å². The number of amides is 3. The average Bonchev–Trinajstić information content (AvgIpc) is 2.71. The van der Waals surface area contributed by atoms with Crippen LogP contribution >= 0.6 is 0 Å². The van der Waals surface area contributed by atoms with E-state index in [0.29, 0.717) is 17.1 Å². The lowest BCUT2D eigenvalue weighted by molar-refractivity contribution is -0.137. The Morgan fingerprint density at radius 3 is 2.53 bits per heavy atom. The number of alkyl halides is 3. The summed E-state index contributed by atoms with van der Waals surface area (Å²) in [5, 5.41) is 5.33. The molecule has 1 aliphatic heterocycles. The quantitative estimate of drug-likeness (QED) is 0.775. The number of halogens is 3. The molecule has 0 spiro atoms. The van der Waals surface area contributed by atoms with Gasteiger partial charge in [-0.15, -0.1) is 0 Å². The van der Waals surface area contributed by atoms with Crippen molar-refractivity contribution >= 4 is 17.6 Å². The van der Waals surface area contributed by atoms with Crippen LogP contribution in [0.15, 0.2) is 59.8 Å². The van der Waals surface area contributed by atoms with Crippen LogP contribution in [0.5, 0.6) is 5.75 Å². The molecule has 6 nitrogen and oxygen atoms in total. The van der Waals surface area contributed by atoms with Crippen molar-refractivity contribution in [1.82, 2.24) is 10.2 Å². The van der Waals surface area contributed by atoms with Crippen LogP contribution in [0, 0.1) is 0 Å². The number of rotatable bonds is 4. The maximum Gasteiger partial charge on any atom is 0.416 e. The highest BCUT2D eigenvalue weighted by atomic mass is 19.4. The first-order valence-electron chi connectivity index (χ1n) is 9.00. The molecule has 0 saturated carbocycles. The second-order valence-corrected chi connectivity index (χ2v) is 6.72. The Bertz CT molecular complexity index is 1020. The molecule has 1 heterocycles. The third-order valence-electron chi connectivity index (χ3n) is 4.90. The van der Waals surface area contributed by atoms with Crippen molar-refractivity contribution in [3.8, 4) is 5.75 Å². The Balaban J connectivity index is 2.04. The van der Waals surface area contributed by atoms with E-state index in [0.717, 1.165) is 12.1 Å². The van der Waals surface area contributed by atoms with Crippen LogP contribution in [-0.4, -0.2) is 31.0 Å². The highest BCUT2D eigenvalue weighted by molar-refractivity contribution is 6.07. The van der Waals surface area contributed by atoms with Gasteiger partial charge in [0.2, 0.25) is 0 Å². The average molecular weight is 419 g/mol. The normalized spacial score (nSPS) is 16.9. The van der Waals surface area contributed by atoms with Gasteiger partial charge >= 0.3 is 12.2 Å². The summed E-state index contributed by atoms with van der Waals surface area (Å²) in [6, 6.07) is 9.72. The number of nitrogens with one attached hydrogen (secondary N) is 2. The van der Waals surface area contributed by atoms with Crippen molar-refractivity contribution in [2.75, 3.05) is 19.5 Å². The fraction of sp³-hybridized carbons (Fsp3) is 0.238. The number of hydrogen-bond acceptors (Lipinski definition) is 3. The lowest BCUT2D eigenvalue weighted by Crippen LogP contribution is -2.46. The number of anilines is 1. The molecule has 1 aliphatic rings. The number of benzene rings is 2. The van der Waals surface area contributed by atoms with Crippen LogP contribution < -0.4 is 15.4 Å². The van der Waals surface area contributed by atoms with Crippen LogP contribution in [0.25, 0.3) is 0 Å². The Labute approximate surface area is 171 Å². The van der Waals surface area contributed by atoms with E-state index in [2.05, 4.69) is 10.6 Å². The van der Waals surface area contributed by atoms with Gasteiger partial charge in [-0.25, -0.2) is 4.79 Å². The monoisotopic (exact) mass is 419 g/mol. The molecule has 0 saturated heterocycles. The maximum absolute atomic E-state index is 13.2. The van der Waals surface area contributed by atoms with Crippen LogP contribution in [0.1, 0.15) is 24.1 Å². The summed E-state index contributed by atoms with van der Waals surface area (Å²) in [5.74, 6) is -0.140. The molecule has 3 amide bonds. The second kappa shape index (κ2) is 8.10. The SMILES string of the molecule is COc1ccccc1NC(=O)C1=C(C)N(C)C(=O)N[C@@H]1c1cccc(C(F)(F)F)c1. The Hall–Kier alpha value is -3.49. The summed E-state index contributed by atoms with van der Waals surface area (Å²) in [6.07, 6.45) is -4.55. The van der Waals surface area contributed by atoms with Gasteiger partial charge in [0.25, 0.3) is 5.91 Å². The third-order valence-corrected chi connectivity index (χ3v) is 4.90. The smallest absolute Gasteiger partial charge is 0.416 e. The van der Waals surface area contributed by atoms with E-state index >= 15 is 0 Å². The molecule has 0 fully saturated rings. The number of ether oxygens (including phenoxy) is 1. The number of para-hydroxylation sites is 2. The zero-order valence-corrected chi connectivity index (χ0v) is 16.5. The molecule has 0 aromatic heterocycles. The molecular formula is C21H20F3N3O3. The van der Waals surface area contributed by atoms with Crippen molar-refractivity contribution in [3.63, 3.8) is 0 Å². The summed E-state index contributed by atoms with van der Waals surface area (Å²) in [4.78, 5) is 26.7. The van der Waals surface area contributed by atoms with E-state index in [4.69, 9.17) is 4.74 Å². The molecular weight excluding hydrogens is 399 g/mol. The van der Waals surface area contributed by atoms with Gasteiger partial charge in [-0.1, -0.05) is 24.3 Å². The molecule has 1 atom stereocenters. The highest BCUT2D eigenvalue weighted by Gasteiger charge is 2.36. The van der Waals surface area contributed by atoms with Crippen LogP contribution in [0.4, 0.5) is 23.7 Å². The van der Waals surface area contributed by atoms with E-state index in [9.17, 15) is 22.8 Å². The van der Waals surface area contributed by atoms with Gasteiger partial charge in [-0.3, -0.25) is 4.79 Å². The molecule has 158 valence electrons. The van der Waals surface area contributed by atoms with Crippen LogP contribution in [0.3, 0.4) is 0 Å². The van der Waals surface area contributed by atoms with Crippen LogP contribution in [-0.2, 0) is 11.0 Å². The summed E-state index contributed by atoms with van der Waals surface area (Å²) >= 11 is 0. The first-order valence-corrected chi connectivity index (χ1v) is 9.00. The summed E-state index contributed by atoms with van der Waals surface area (Å²) in [7, 11) is 2.93. The van der Waals surface area contributed by atoms with E-state index < -0.39 is 29.7 Å². The molecule has 3 rings (SSSR count). The van der Waals surface area contributed by atoms with Crippen molar-refractivity contribution < 1.29 is 27.5 Å². The maximum atomic E-state index is 13.2. The fourth-order valence-electron chi connectivity index (χ4n) is 3.21. The van der Waals surface area contributed by atoms with Gasteiger partial charge in [0.05, 0.1) is 30.0 Å². The molecule has 0 aliphatic carbocycles. The number of carbonyl (C=O) groups excluding carboxylic acids is 2. The van der Waals surface area contributed by atoms with Gasteiger partial charge in [0.15, 0.2) is 0 Å². The van der Waals surface area contributed by atoms with Gasteiger partial charge < -0.3 is 20.3 Å². The van der Waals surface area contributed by atoms with Crippen molar-refractivity contribution in [3.05, 3.63) is 70.9 Å². The second-order valence-electron chi connectivity index (χ2n) is 6.72. The number of methoxy groups -OCH3 is 1. The topological polar surface area (TPSA) is 70.7 Å². The highest BCUT2D eigenvalue weighted by Crippen LogP contribution is 2.35. The van der Waals surface area contributed by atoms with Crippen molar-refractivity contribution in [2.45, 2.75) is 19.1 Å². The molecule has 0 bridgehead atoms. The van der Waals surface area contributed by atoms with Crippen molar-refractivity contribution in [1.29, 1.82) is 0 Å². The minimum atomic E-state index is -4.55. The fourth-order valence-corrected chi connectivity index (χ4v) is 3.21. The number of allylic oxidation sites excluding steroid dienone is 1. The molecule has 2 aromatic carbocycles. The first-order chi connectivity index (χ1) is 14.1. The zero-order valence-electron chi connectivity index (χ0n) is 16.5. The number of urea groups is 1. The van der Waals surface area contributed by atoms with Crippen LogP contribution in [0.2, 0.25) is 0 Å². The molecule has 2 aromatic rings. The molecule has 0 radical (unpaired) electrons. The Kier molecular flexibility index (Phi) is 5.73. The minimum Gasteiger partial charge on any atom is -0.495 e. The summed E-state index contributed by atoms with van der Waals surface area (Å²) in [6.45, 7) is 1.57. The number of hydrogen-bond donors (Lipinski definition) is 2. The molecule has 2 N–H and O–H groups in total. The lowest BCUT2D eigenvalue weighted by Gasteiger charge is -2.34. The third kappa shape index (κ3) is 4.10. The summed E-state index contributed by atoms with van der Waals surface area (Å²) < 4.78 is 44.8. The van der Waals surface area contributed by atoms with Gasteiger partial charge in [0, 0.05) is 12.7 Å². The minimum absolute atomic E-state index is 0.127. The largest absolute Gasteiger partial charge is 0.495 e. The summed E-state index contributed by atoms with van der Waals surface area (Å²) in [5.41, 5.74) is 0.134. The predicted octanol–water partition coefficient (Wildman–Crippen LogP) is 4.32. The molecule has 30 heavy (non-hydrogen) atoms. The number of carbonyl (C=O) groups is 2. The first kappa shape index (κ1) is 21.2. The lowest BCUT2D eigenvalue weighted by atomic mass is 9.93. The van der Waals surface area contributed by atoms with E-state index in [-0.39, 0.29) is 11.1 Å². The predicted molar refractivity (Wildman–Crippen MR) is 105 cm³/mol.